The van der Waals surface area contributed by atoms with E-state index in [-0.39, 0.29) is 5.91 Å². The van der Waals surface area contributed by atoms with Crippen molar-refractivity contribution in [2.75, 3.05) is 13.1 Å². The summed E-state index contributed by atoms with van der Waals surface area (Å²) in [5, 5.41) is 0. The summed E-state index contributed by atoms with van der Waals surface area (Å²) in [6.45, 7) is 7.81. The van der Waals surface area contributed by atoms with Crippen molar-refractivity contribution in [3.05, 3.63) is 11.1 Å². The molecule has 74 valence electrons. The molecule has 0 bridgehead atoms. The molecule has 0 aromatic rings. The van der Waals surface area contributed by atoms with Crippen LogP contribution in [0.25, 0.3) is 0 Å². The zero-order valence-electron chi connectivity index (χ0n) is 8.89. The topological polar surface area (TPSA) is 20.3 Å². The van der Waals surface area contributed by atoms with E-state index in [2.05, 4.69) is 0 Å². The van der Waals surface area contributed by atoms with Crippen LogP contribution in [0.4, 0.5) is 0 Å². The van der Waals surface area contributed by atoms with Gasteiger partial charge in [-0.3, -0.25) is 4.79 Å². The van der Waals surface area contributed by atoms with Crippen LogP contribution in [-0.4, -0.2) is 23.9 Å². The Bertz CT molecular complexity index is 220. The third-order valence-corrected chi connectivity index (χ3v) is 2.71. The van der Waals surface area contributed by atoms with E-state index in [0.717, 1.165) is 24.2 Å². The molecule has 2 nitrogen and oxygen atoms in total. The summed E-state index contributed by atoms with van der Waals surface area (Å²) in [5.74, 6) is 0.236. The highest BCUT2D eigenvalue weighted by Gasteiger charge is 2.17. The molecule has 0 spiro atoms. The number of amides is 1. The molecule has 0 radical (unpaired) electrons. The summed E-state index contributed by atoms with van der Waals surface area (Å²) in [6.07, 6.45) is 3.61. The molecule has 2 heteroatoms. The summed E-state index contributed by atoms with van der Waals surface area (Å²) in [5.41, 5.74) is 2.05. The summed E-state index contributed by atoms with van der Waals surface area (Å²) < 4.78 is 0. The fourth-order valence-corrected chi connectivity index (χ4v) is 1.55. The predicted molar refractivity (Wildman–Crippen MR) is 54.5 cm³/mol. The number of likely N-dealkylation sites (tertiary alicyclic amines) is 1. The lowest BCUT2D eigenvalue weighted by molar-refractivity contribution is -0.128. The molecule has 1 amide bonds. The van der Waals surface area contributed by atoms with Gasteiger partial charge >= 0.3 is 0 Å². The van der Waals surface area contributed by atoms with E-state index in [4.69, 9.17) is 0 Å². The number of carbonyl (C=O) groups is 1. The average molecular weight is 181 g/mol. The lowest BCUT2D eigenvalue weighted by Gasteiger charge is -2.27. The Labute approximate surface area is 80.6 Å². The highest BCUT2D eigenvalue weighted by molar-refractivity contribution is 5.93. The minimum atomic E-state index is 0.236. The van der Waals surface area contributed by atoms with Gasteiger partial charge < -0.3 is 4.90 Å². The molecule has 0 atom stereocenters. The molecule has 1 saturated heterocycles. The smallest absolute Gasteiger partial charge is 0.249 e. The third-order valence-electron chi connectivity index (χ3n) is 2.71. The van der Waals surface area contributed by atoms with E-state index in [0.29, 0.717) is 0 Å². The van der Waals surface area contributed by atoms with Crippen LogP contribution in [0, 0.1) is 0 Å². The maximum absolute atomic E-state index is 11.8. The molecule has 1 aliphatic rings. The first-order valence-corrected chi connectivity index (χ1v) is 5.06. The first kappa shape index (κ1) is 10.3. The second kappa shape index (κ2) is 4.45. The van der Waals surface area contributed by atoms with Gasteiger partial charge in [0.1, 0.15) is 0 Å². The summed E-state index contributed by atoms with van der Waals surface area (Å²) in [7, 11) is 0. The second-order valence-corrected chi connectivity index (χ2v) is 3.98. The number of nitrogens with zero attached hydrogens (tertiary/aromatic N) is 1. The fourth-order valence-electron chi connectivity index (χ4n) is 1.55. The van der Waals surface area contributed by atoms with Gasteiger partial charge in [0, 0.05) is 18.7 Å². The van der Waals surface area contributed by atoms with Gasteiger partial charge in [-0.15, -0.1) is 0 Å². The first-order valence-electron chi connectivity index (χ1n) is 5.06. The van der Waals surface area contributed by atoms with Gasteiger partial charge in [0.25, 0.3) is 0 Å². The molecule has 0 aromatic heterocycles. The van der Waals surface area contributed by atoms with E-state index < -0.39 is 0 Å². The van der Waals surface area contributed by atoms with Crippen molar-refractivity contribution < 1.29 is 4.79 Å². The van der Waals surface area contributed by atoms with Gasteiger partial charge in [0.2, 0.25) is 5.91 Å². The van der Waals surface area contributed by atoms with Crippen molar-refractivity contribution in [1.29, 1.82) is 0 Å². The van der Waals surface area contributed by atoms with Crippen LogP contribution in [0.5, 0.6) is 0 Å². The molecule has 0 unspecified atom stereocenters. The molecule has 1 aliphatic heterocycles. The van der Waals surface area contributed by atoms with Gasteiger partial charge in [-0.2, -0.15) is 0 Å². The SMILES string of the molecule is CC(C)=C(C)C(=O)N1CCCCC1. The molecule has 0 N–H and O–H groups in total. The number of rotatable bonds is 1. The van der Waals surface area contributed by atoms with E-state index >= 15 is 0 Å². The average Bonchev–Trinajstić information content (AvgIpc) is 2.17. The van der Waals surface area contributed by atoms with E-state index in [1.807, 2.05) is 25.7 Å². The molecule has 0 aromatic carbocycles. The van der Waals surface area contributed by atoms with Crippen LogP contribution in [0.1, 0.15) is 40.0 Å². The molecule has 0 saturated carbocycles. The molecule has 1 heterocycles. The van der Waals surface area contributed by atoms with Crippen LogP contribution in [-0.2, 0) is 4.79 Å². The Morgan fingerprint density at radius 1 is 1.00 bits per heavy atom. The minimum Gasteiger partial charge on any atom is -0.339 e. The van der Waals surface area contributed by atoms with Gasteiger partial charge in [0.15, 0.2) is 0 Å². The molecule has 1 rings (SSSR count). The zero-order chi connectivity index (χ0) is 9.84. The molecule has 0 aliphatic carbocycles. The number of piperidine rings is 1. The largest absolute Gasteiger partial charge is 0.339 e. The number of carbonyl (C=O) groups excluding carboxylic acids is 1. The van der Waals surface area contributed by atoms with Crippen molar-refractivity contribution in [3.63, 3.8) is 0 Å². The molecular formula is C11H19NO. The lowest BCUT2D eigenvalue weighted by atomic mass is 10.1. The maximum Gasteiger partial charge on any atom is 0.249 e. The van der Waals surface area contributed by atoms with Crippen molar-refractivity contribution in [2.45, 2.75) is 40.0 Å². The summed E-state index contributed by atoms with van der Waals surface area (Å²) >= 11 is 0. The van der Waals surface area contributed by atoms with Crippen molar-refractivity contribution in [2.24, 2.45) is 0 Å². The first-order chi connectivity index (χ1) is 6.13. The van der Waals surface area contributed by atoms with Crippen molar-refractivity contribution in [3.8, 4) is 0 Å². The quantitative estimate of drug-likeness (QED) is 0.569. The van der Waals surface area contributed by atoms with Gasteiger partial charge in [-0.05, 0) is 40.0 Å². The number of hydrogen-bond acceptors (Lipinski definition) is 1. The van der Waals surface area contributed by atoms with Gasteiger partial charge in [0.05, 0.1) is 0 Å². The highest BCUT2D eigenvalue weighted by atomic mass is 16.2. The molecule has 1 fully saturated rings. The van der Waals surface area contributed by atoms with E-state index in [9.17, 15) is 4.79 Å². The maximum atomic E-state index is 11.8. The molecular weight excluding hydrogens is 162 g/mol. The van der Waals surface area contributed by atoms with Crippen LogP contribution < -0.4 is 0 Å². The van der Waals surface area contributed by atoms with Crippen LogP contribution in [0.3, 0.4) is 0 Å². The van der Waals surface area contributed by atoms with Crippen LogP contribution in [0.2, 0.25) is 0 Å². The Balaban J connectivity index is 2.61. The summed E-state index contributed by atoms with van der Waals surface area (Å²) in [6, 6.07) is 0. The predicted octanol–water partition coefficient (Wildman–Crippen LogP) is 2.36. The Kier molecular flexibility index (Phi) is 3.52. The highest BCUT2D eigenvalue weighted by Crippen LogP contribution is 2.13. The van der Waals surface area contributed by atoms with E-state index in [1.54, 1.807) is 0 Å². The van der Waals surface area contributed by atoms with Crippen molar-refractivity contribution in [1.82, 2.24) is 4.90 Å². The lowest BCUT2D eigenvalue weighted by Crippen LogP contribution is -2.36. The normalized spacial score (nSPS) is 17.0. The fraction of sp³-hybridized carbons (Fsp3) is 0.727. The molecule has 13 heavy (non-hydrogen) atoms. The second-order valence-electron chi connectivity index (χ2n) is 3.98. The third kappa shape index (κ3) is 2.58. The number of allylic oxidation sites excluding steroid dienone is 1. The van der Waals surface area contributed by atoms with Crippen LogP contribution >= 0.6 is 0 Å². The zero-order valence-corrected chi connectivity index (χ0v) is 8.89. The van der Waals surface area contributed by atoms with Crippen molar-refractivity contribution >= 4 is 5.91 Å². The Hall–Kier alpha value is -0.790. The van der Waals surface area contributed by atoms with E-state index in [1.165, 1.54) is 19.3 Å². The standard InChI is InChI=1S/C11H19NO/c1-9(2)10(3)11(13)12-7-5-4-6-8-12/h4-8H2,1-3H3. The Morgan fingerprint density at radius 3 is 2.00 bits per heavy atom. The number of hydrogen-bond donors (Lipinski definition) is 0. The monoisotopic (exact) mass is 181 g/mol. The van der Waals surface area contributed by atoms with Gasteiger partial charge in [-0.1, -0.05) is 5.57 Å². The minimum absolute atomic E-state index is 0.236. The van der Waals surface area contributed by atoms with Crippen LogP contribution in [0.15, 0.2) is 11.1 Å². The summed E-state index contributed by atoms with van der Waals surface area (Å²) in [4.78, 5) is 13.8. The Morgan fingerprint density at radius 2 is 1.54 bits per heavy atom. The van der Waals surface area contributed by atoms with Gasteiger partial charge in [-0.25, -0.2) is 0 Å².